The summed E-state index contributed by atoms with van der Waals surface area (Å²) in [4.78, 5) is 10.8. The molecule has 0 aliphatic carbocycles. The van der Waals surface area contributed by atoms with E-state index < -0.39 is 0 Å². The van der Waals surface area contributed by atoms with Gasteiger partial charge in [-0.1, -0.05) is 66.7 Å². The SMILES string of the molecule is OCCOOc1ccc2ccccc2c1-c1c(CCO)ccc2ccccc12. The molecular weight excluding hydrogens is 352 g/mol. The molecule has 4 rings (SSSR count). The summed E-state index contributed by atoms with van der Waals surface area (Å²) in [5.74, 6) is 0.586. The fourth-order valence-electron chi connectivity index (χ4n) is 3.66. The van der Waals surface area contributed by atoms with E-state index in [4.69, 9.17) is 14.9 Å². The number of aliphatic hydroxyl groups excluding tert-OH is 2. The second-order valence-electron chi connectivity index (χ2n) is 6.58. The van der Waals surface area contributed by atoms with E-state index in [1.54, 1.807) is 0 Å². The van der Waals surface area contributed by atoms with E-state index in [2.05, 4.69) is 36.4 Å². The molecule has 0 unspecified atom stereocenters. The summed E-state index contributed by atoms with van der Waals surface area (Å²) >= 11 is 0. The van der Waals surface area contributed by atoms with Crippen LogP contribution < -0.4 is 4.89 Å². The number of benzene rings is 4. The van der Waals surface area contributed by atoms with Crippen molar-refractivity contribution in [3.63, 3.8) is 0 Å². The number of aliphatic hydroxyl groups is 2. The van der Waals surface area contributed by atoms with Gasteiger partial charge in [-0.25, -0.2) is 0 Å². The van der Waals surface area contributed by atoms with E-state index in [1.807, 2.05) is 36.4 Å². The maximum absolute atomic E-state index is 9.64. The maximum Gasteiger partial charge on any atom is 0.173 e. The topological polar surface area (TPSA) is 58.9 Å². The highest BCUT2D eigenvalue weighted by atomic mass is 17.2. The van der Waals surface area contributed by atoms with Crippen molar-refractivity contribution in [2.45, 2.75) is 6.42 Å². The number of rotatable bonds is 7. The molecule has 0 amide bonds. The maximum atomic E-state index is 9.64. The van der Waals surface area contributed by atoms with Crippen LogP contribution >= 0.6 is 0 Å². The molecule has 0 spiro atoms. The monoisotopic (exact) mass is 374 g/mol. The van der Waals surface area contributed by atoms with Crippen molar-refractivity contribution in [1.29, 1.82) is 0 Å². The summed E-state index contributed by atoms with van der Waals surface area (Å²) in [5.41, 5.74) is 3.01. The van der Waals surface area contributed by atoms with Crippen LogP contribution in [0.2, 0.25) is 0 Å². The van der Waals surface area contributed by atoms with Crippen molar-refractivity contribution < 1.29 is 20.0 Å². The molecule has 4 aromatic carbocycles. The zero-order valence-corrected chi connectivity index (χ0v) is 15.5. The van der Waals surface area contributed by atoms with Gasteiger partial charge in [0, 0.05) is 12.2 Å². The average Bonchev–Trinajstić information content (AvgIpc) is 2.74. The van der Waals surface area contributed by atoms with E-state index in [0.717, 1.165) is 38.2 Å². The summed E-state index contributed by atoms with van der Waals surface area (Å²) < 4.78 is 0. The van der Waals surface area contributed by atoms with Crippen LogP contribution in [0.25, 0.3) is 32.7 Å². The van der Waals surface area contributed by atoms with Crippen LogP contribution in [-0.2, 0) is 11.3 Å². The van der Waals surface area contributed by atoms with Gasteiger partial charge >= 0.3 is 0 Å². The second-order valence-corrected chi connectivity index (χ2v) is 6.58. The zero-order valence-electron chi connectivity index (χ0n) is 15.5. The minimum Gasteiger partial charge on any atom is -0.396 e. The van der Waals surface area contributed by atoms with Gasteiger partial charge in [0.1, 0.15) is 6.61 Å². The van der Waals surface area contributed by atoms with Gasteiger partial charge < -0.3 is 15.1 Å². The normalized spacial score (nSPS) is 11.2. The Morgan fingerprint density at radius 1 is 0.643 bits per heavy atom. The lowest BCUT2D eigenvalue weighted by Gasteiger charge is -2.18. The van der Waals surface area contributed by atoms with E-state index in [-0.39, 0.29) is 19.8 Å². The largest absolute Gasteiger partial charge is 0.396 e. The standard InChI is InChI=1S/C24H22O4/c25-14-13-19-10-9-17-5-1-3-7-20(17)23(19)24-21-8-4-2-6-18(21)11-12-22(24)28-27-16-15-26/h1-12,25-26H,13-16H2. The minimum atomic E-state index is -0.118. The number of hydrogen-bond donors (Lipinski definition) is 2. The van der Waals surface area contributed by atoms with Gasteiger partial charge in [-0.2, -0.15) is 4.89 Å². The highest BCUT2D eigenvalue weighted by Gasteiger charge is 2.18. The van der Waals surface area contributed by atoms with Gasteiger partial charge in [0.2, 0.25) is 0 Å². The van der Waals surface area contributed by atoms with E-state index in [1.165, 1.54) is 0 Å². The third-order valence-corrected chi connectivity index (χ3v) is 4.86. The number of hydrogen-bond acceptors (Lipinski definition) is 4. The molecule has 0 atom stereocenters. The van der Waals surface area contributed by atoms with Gasteiger partial charge in [-0.15, -0.1) is 0 Å². The molecule has 4 heteroatoms. The summed E-state index contributed by atoms with van der Waals surface area (Å²) in [6.45, 7) is 0.0333. The molecule has 0 fully saturated rings. The predicted molar refractivity (Wildman–Crippen MR) is 111 cm³/mol. The van der Waals surface area contributed by atoms with Crippen molar-refractivity contribution >= 4 is 21.5 Å². The lowest BCUT2D eigenvalue weighted by molar-refractivity contribution is -0.211. The summed E-state index contributed by atoms with van der Waals surface area (Å²) in [5, 5.41) is 23.0. The Morgan fingerprint density at radius 2 is 1.29 bits per heavy atom. The van der Waals surface area contributed by atoms with Gasteiger partial charge in [-0.05, 0) is 45.2 Å². The molecule has 0 heterocycles. The van der Waals surface area contributed by atoms with Crippen molar-refractivity contribution in [2.75, 3.05) is 19.8 Å². The van der Waals surface area contributed by atoms with Crippen LogP contribution in [0.1, 0.15) is 5.56 Å². The predicted octanol–water partition coefficient (Wildman–Crippen LogP) is 4.50. The Balaban J connectivity index is 2.04. The van der Waals surface area contributed by atoms with Crippen LogP contribution in [0.4, 0.5) is 0 Å². The highest BCUT2D eigenvalue weighted by molar-refractivity contribution is 6.08. The molecule has 4 aromatic rings. The molecule has 0 radical (unpaired) electrons. The first-order chi connectivity index (χ1) is 13.8. The van der Waals surface area contributed by atoms with Crippen molar-refractivity contribution in [3.8, 4) is 16.9 Å². The van der Waals surface area contributed by atoms with E-state index >= 15 is 0 Å². The Bertz CT molecular complexity index is 1100. The van der Waals surface area contributed by atoms with Gasteiger partial charge in [-0.3, -0.25) is 0 Å². The highest BCUT2D eigenvalue weighted by Crippen LogP contribution is 2.42. The van der Waals surface area contributed by atoms with Crippen LogP contribution in [0.3, 0.4) is 0 Å². The van der Waals surface area contributed by atoms with Crippen molar-refractivity contribution in [2.24, 2.45) is 0 Å². The lowest BCUT2D eigenvalue weighted by Crippen LogP contribution is -2.05. The summed E-state index contributed by atoms with van der Waals surface area (Å²) in [6.07, 6.45) is 0.542. The van der Waals surface area contributed by atoms with Gasteiger partial charge in [0.05, 0.1) is 6.61 Å². The first-order valence-electron chi connectivity index (χ1n) is 9.37. The Morgan fingerprint density at radius 3 is 1.96 bits per heavy atom. The third kappa shape index (κ3) is 3.45. The number of fused-ring (bicyclic) bond motifs is 2. The fraction of sp³-hybridized carbons (Fsp3) is 0.167. The van der Waals surface area contributed by atoms with Crippen LogP contribution in [0.5, 0.6) is 5.75 Å². The first kappa shape index (κ1) is 18.4. The minimum absolute atomic E-state index is 0.0628. The first-order valence-corrected chi connectivity index (χ1v) is 9.37. The Labute approximate surface area is 163 Å². The van der Waals surface area contributed by atoms with Crippen LogP contribution in [0.15, 0.2) is 72.8 Å². The summed E-state index contributed by atoms with van der Waals surface area (Å²) in [6, 6.07) is 24.4. The van der Waals surface area contributed by atoms with Crippen molar-refractivity contribution in [1.82, 2.24) is 0 Å². The van der Waals surface area contributed by atoms with E-state index in [0.29, 0.717) is 12.2 Å². The molecule has 0 saturated heterocycles. The summed E-state index contributed by atoms with van der Waals surface area (Å²) in [7, 11) is 0. The van der Waals surface area contributed by atoms with Gasteiger partial charge in [0.25, 0.3) is 0 Å². The molecule has 0 aliphatic heterocycles. The Kier molecular flexibility index (Phi) is 5.53. The molecule has 142 valence electrons. The van der Waals surface area contributed by atoms with Crippen LogP contribution in [0, 0.1) is 0 Å². The molecule has 0 bridgehead atoms. The molecule has 0 aliphatic rings. The second kappa shape index (κ2) is 8.40. The van der Waals surface area contributed by atoms with Crippen molar-refractivity contribution in [3.05, 3.63) is 78.4 Å². The molecule has 2 N–H and O–H groups in total. The zero-order chi connectivity index (χ0) is 19.3. The molecule has 0 aromatic heterocycles. The van der Waals surface area contributed by atoms with Gasteiger partial charge in [0.15, 0.2) is 5.75 Å². The fourth-order valence-corrected chi connectivity index (χ4v) is 3.66. The molecular formula is C24H22O4. The molecule has 0 saturated carbocycles. The smallest absolute Gasteiger partial charge is 0.173 e. The Hall–Kier alpha value is -2.92. The lowest BCUT2D eigenvalue weighted by atomic mass is 9.88. The quantitative estimate of drug-likeness (QED) is 0.284. The third-order valence-electron chi connectivity index (χ3n) is 4.86. The van der Waals surface area contributed by atoms with Crippen LogP contribution in [-0.4, -0.2) is 30.0 Å². The average molecular weight is 374 g/mol. The molecule has 4 nitrogen and oxygen atoms in total. The van der Waals surface area contributed by atoms with E-state index in [9.17, 15) is 5.11 Å². The molecule has 28 heavy (non-hydrogen) atoms.